The molecule has 0 saturated carbocycles. The van der Waals surface area contributed by atoms with E-state index in [-0.39, 0.29) is 5.69 Å². The molecule has 0 amide bonds. The summed E-state index contributed by atoms with van der Waals surface area (Å²) in [5.74, 6) is -1.06. The molecule has 0 bridgehead atoms. The van der Waals surface area contributed by atoms with Crippen LogP contribution >= 0.6 is 27.7 Å². The van der Waals surface area contributed by atoms with Gasteiger partial charge in [-0.2, -0.15) is 0 Å². The van der Waals surface area contributed by atoms with E-state index >= 15 is 0 Å². The minimum absolute atomic E-state index is 0.0119. The second-order valence-electron chi connectivity index (χ2n) is 3.40. The highest BCUT2D eigenvalue weighted by Gasteiger charge is 2.10. The van der Waals surface area contributed by atoms with Gasteiger partial charge in [0.1, 0.15) is 5.03 Å². The molecular formula is C11H8BrN3O2S. The molecule has 0 saturated heterocycles. The summed E-state index contributed by atoms with van der Waals surface area (Å²) in [5.41, 5.74) is 0.601. The third kappa shape index (κ3) is 3.27. The molecule has 0 radical (unpaired) electrons. The molecule has 0 fully saturated rings. The molecule has 0 aliphatic heterocycles. The van der Waals surface area contributed by atoms with E-state index < -0.39 is 5.97 Å². The Balaban J connectivity index is 2.28. The first-order chi connectivity index (χ1) is 8.54. The summed E-state index contributed by atoms with van der Waals surface area (Å²) in [6.07, 6.45) is 1.66. The molecule has 18 heavy (non-hydrogen) atoms. The topological polar surface area (TPSA) is 76.0 Å². The Bertz CT molecular complexity index is 589. The first-order valence-electron chi connectivity index (χ1n) is 4.93. The Morgan fingerprint density at radius 3 is 2.78 bits per heavy atom. The molecule has 0 aliphatic rings. The first kappa shape index (κ1) is 13.0. The number of carboxylic acid groups (broad SMARTS) is 1. The van der Waals surface area contributed by atoms with Gasteiger partial charge in [-0.15, -0.1) is 0 Å². The molecule has 2 aromatic rings. The summed E-state index contributed by atoms with van der Waals surface area (Å²) in [7, 11) is 0. The van der Waals surface area contributed by atoms with Gasteiger partial charge in [0.05, 0.1) is 0 Å². The molecule has 5 nitrogen and oxygen atoms in total. The molecule has 1 N–H and O–H groups in total. The van der Waals surface area contributed by atoms with Crippen molar-refractivity contribution in [2.75, 3.05) is 0 Å². The van der Waals surface area contributed by atoms with E-state index in [9.17, 15) is 4.79 Å². The lowest BCUT2D eigenvalue weighted by atomic mass is 10.3. The number of hydrogen-bond acceptors (Lipinski definition) is 5. The van der Waals surface area contributed by atoms with E-state index in [1.54, 1.807) is 19.2 Å². The van der Waals surface area contributed by atoms with Gasteiger partial charge in [0.15, 0.2) is 10.9 Å². The number of hydrogen-bond donors (Lipinski definition) is 1. The van der Waals surface area contributed by atoms with Gasteiger partial charge in [-0.05, 0) is 52.8 Å². The summed E-state index contributed by atoms with van der Waals surface area (Å²) in [4.78, 5) is 23.2. The summed E-state index contributed by atoms with van der Waals surface area (Å²) in [6.45, 7) is 1.73. The van der Waals surface area contributed by atoms with Gasteiger partial charge in [-0.1, -0.05) is 0 Å². The SMILES string of the molecule is Cc1cc(C(=O)O)nc(Sc2ccc(Br)cn2)n1. The Morgan fingerprint density at radius 2 is 2.17 bits per heavy atom. The van der Waals surface area contributed by atoms with Crippen molar-refractivity contribution in [3.8, 4) is 0 Å². The van der Waals surface area contributed by atoms with Gasteiger partial charge in [0.2, 0.25) is 0 Å². The van der Waals surface area contributed by atoms with Gasteiger partial charge >= 0.3 is 5.97 Å². The highest BCUT2D eigenvalue weighted by atomic mass is 79.9. The lowest BCUT2D eigenvalue weighted by Crippen LogP contribution is -2.03. The molecule has 2 heterocycles. The smallest absolute Gasteiger partial charge is 0.354 e. The molecule has 92 valence electrons. The van der Waals surface area contributed by atoms with Gasteiger partial charge in [0.25, 0.3) is 0 Å². The van der Waals surface area contributed by atoms with Crippen LogP contribution in [0.4, 0.5) is 0 Å². The summed E-state index contributed by atoms with van der Waals surface area (Å²) < 4.78 is 0.878. The number of carbonyl (C=O) groups is 1. The standard InChI is InChI=1S/C11H8BrN3O2S/c1-6-4-8(10(16)17)15-11(14-6)18-9-3-2-7(12)5-13-9/h2-5H,1H3,(H,16,17). The van der Waals surface area contributed by atoms with Crippen LogP contribution in [0, 0.1) is 6.92 Å². The Kier molecular flexibility index (Phi) is 3.93. The number of aryl methyl sites for hydroxylation is 1. The normalized spacial score (nSPS) is 10.3. The van der Waals surface area contributed by atoms with Gasteiger partial charge in [-0.25, -0.2) is 19.7 Å². The maximum Gasteiger partial charge on any atom is 0.354 e. The van der Waals surface area contributed by atoms with Crippen molar-refractivity contribution in [3.63, 3.8) is 0 Å². The van der Waals surface area contributed by atoms with E-state index in [2.05, 4.69) is 30.9 Å². The van der Waals surface area contributed by atoms with E-state index in [1.165, 1.54) is 17.8 Å². The highest BCUT2D eigenvalue weighted by molar-refractivity contribution is 9.10. The summed E-state index contributed by atoms with van der Waals surface area (Å²) in [5, 5.41) is 10.0. The minimum Gasteiger partial charge on any atom is -0.477 e. The summed E-state index contributed by atoms with van der Waals surface area (Å²) >= 11 is 4.52. The number of pyridine rings is 1. The number of aromatic nitrogens is 3. The molecular weight excluding hydrogens is 318 g/mol. The highest BCUT2D eigenvalue weighted by Crippen LogP contribution is 2.24. The van der Waals surface area contributed by atoms with Crippen molar-refractivity contribution in [1.29, 1.82) is 0 Å². The maximum absolute atomic E-state index is 10.9. The average Bonchev–Trinajstić information content (AvgIpc) is 2.31. The third-order valence-corrected chi connectivity index (χ3v) is 3.23. The first-order valence-corrected chi connectivity index (χ1v) is 6.54. The molecule has 0 aliphatic carbocycles. The quantitative estimate of drug-likeness (QED) is 0.874. The van der Waals surface area contributed by atoms with E-state index in [1.807, 2.05) is 6.07 Å². The van der Waals surface area contributed by atoms with Crippen LogP contribution in [0.15, 0.2) is 39.1 Å². The van der Waals surface area contributed by atoms with Gasteiger partial charge < -0.3 is 5.11 Å². The third-order valence-electron chi connectivity index (χ3n) is 1.95. The molecule has 7 heteroatoms. The molecule has 2 aromatic heterocycles. The lowest BCUT2D eigenvalue weighted by Gasteiger charge is -2.02. The predicted octanol–water partition coefficient (Wildman–Crippen LogP) is 2.79. The van der Waals surface area contributed by atoms with Crippen molar-refractivity contribution in [3.05, 3.63) is 40.3 Å². The van der Waals surface area contributed by atoms with Crippen molar-refractivity contribution in [1.82, 2.24) is 15.0 Å². The van der Waals surface area contributed by atoms with Crippen LogP contribution < -0.4 is 0 Å². The Hall–Kier alpha value is -1.47. The zero-order chi connectivity index (χ0) is 13.1. The molecule has 0 spiro atoms. The van der Waals surface area contributed by atoms with Gasteiger partial charge in [0, 0.05) is 16.4 Å². The monoisotopic (exact) mass is 325 g/mol. The number of carboxylic acids is 1. The number of rotatable bonds is 3. The van der Waals surface area contributed by atoms with Crippen LogP contribution in [0.2, 0.25) is 0 Å². The van der Waals surface area contributed by atoms with Crippen molar-refractivity contribution in [2.45, 2.75) is 17.1 Å². The van der Waals surface area contributed by atoms with E-state index in [0.29, 0.717) is 15.9 Å². The fourth-order valence-corrected chi connectivity index (χ4v) is 2.21. The average molecular weight is 326 g/mol. The molecule has 0 unspecified atom stereocenters. The van der Waals surface area contributed by atoms with E-state index in [4.69, 9.17) is 5.11 Å². The van der Waals surface area contributed by atoms with Gasteiger partial charge in [-0.3, -0.25) is 0 Å². The van der Waals surface area contributed by atoms with Crippen molar-refractivity contribution in [2.24, 2.45) is 0 Å². The van der Waals surface area contributed by atoms with Crippen LogP contribution in [0.1, 0.15) is 16.2 Å². The van der Waals surface area contributed by atoms with E-state index in [0.717, 1.165) is 4.47 Å². The zero-order valence-electron chi connectivity index (χ0n) is 9.29. The number of halogens is 1. The summed E-state index contributed by atoms with van der Waals surface area (Å²) in [6, 6.07) is 5.09. The van der Waals surface area contributed by atoms with Crippen LogP contribution in [0.5, 0.6) is 0 Å². The predicted molar refractivity (Wildman–Crippen MR) is 69.8 cm³/mol. The Labute approximate surface area is 116 Å². The van der Waals surface area contributed by atoms with Crippen LogP contribution in [-0.4, -0.2) is 26.0 Å². The molecule has 0 atom stereocenters. The largest absolute Gasteiger partial charge is 0.477 e. The van der Waals surface area contributed by atoms with Crippen molar-refractivity contribution < 1.29 is 9.90 Å². The number of nitrogens with zero attached hydrogens (tertiary/aromatic N) is 3. The fourth-order valence-electron chi connectivity index (χ4n) is 1.21. The second-order valence-corrected chi connectivity index (χ2v) is 5.30. The molecule has 0 aromatic carbocycles. The van der Waals surface area contributed by atoms with Crippen LogP contribution in [-0.2, 0) is 0 Å². The lowest BCUT2D eigenvalue weighted by molar-refractivity contribution is 0.0689. The van der Waals surface area contributed by atoms with Crippen LogP contribution in [0.25, 0.3) is 0 Å². The second kappa shape index (κ2) is 5.45. The zero-order valence-corrected chi connectivity index (χ0v) is 11.7. The fraction of sp³-hybridized carbons (Fsp3) is 0.0909. The molecule has 2 rings (SSSR count). The Morgan fingerprint density at radius 1 is 1.39 bits per heavy atom. The van der Waals surface area contributed by atoms with Crippen LogP contribution in [0.3, 0.4) is 0 Å². The maximum atomic E-state index is 10.9. The minimum atomic E-state index is -1.06. The number of aromatic carboxylic acids is 1. The van der Waals surface area contributed by atoms with Crippen molar-refractivity contribution >= 4 is 33.7 Å².